The molecule has 1 saturated heterocycles. The lowest BCUT2D eigenvalue weighted by Crippen LogP contribution is -2.25. The minimum Gasteiger partial charge on any atom is -0.423 e. The zero-order chi connectivity index (χ0) is 21.2. The van der Waals surface area contributed by atoms with Crippen molar-refractivity contribution < 1.29 is 13.9 Å². The van der Waals surface area contributed by atoms with E-state index in [-0.39, 0.29) is 17.9 Å². The molecule has 0 radical (unpaired) electrons. The van der Waals surface area contributed by atoms with Gasteiger partial charge in [0, 0.05) is 35.5 Å². The second-order valence-corrected chi connectivity index (χ2v) is 7.64. The second-order valence-electron chi connectivity index (χ2n) is 7.64. The number of aromatic nitrogens is 2. The van der Waals surface area contributed by atoms with E-state index in [2.05, 4.69) is 22.5 Å². The first-order chi connectivity index (χ1) is 15.2. The molecule has 5 rings (SSSR count). The van der Waals surface area contributed by atoms with Crippen molar-refractivity contribution in [3.63, 3.8) is 0 Å². The maximum atomic E-state index is 13.0. The number of ether oxygens (including phenoxy) is 1. The molecule has 3 heterocycles. The highest BCUT2D eigenvalue weighted by Crippen LogP contribution is 2.35. The van der Waals surface area contributed by atoms with Crippen LogP contribution in [0.5, 0.6) is 0 Å². The Balaban J connectivity index is 1.30. The van der Waals surface area contributed by atoms with Crippen molar-refractivity contribution in [2.24, 2.45) is 5.92 Å². The summed E-state index contributed by atoms with van der Waals surface area (Å²) in [5.74, 6) is -0.408. The molecular weight excluding hydrogens is 394 g/mol. The van der Waals surface area contributed by atoms with Gasteiger partial charge in [0.1, 0.15) is 5.58 Å². The Morgan fingerprint density at radius 3 is 2.87 bits per heavy atom. The van der Waals surface area contributed by atoms with Crippen LogP contribution in [0.25, 0.3) is 11.0 Å². The fraction of sp³-hybridized carbons (Fsp3) is 0.208. The fourth-order valence-electron chi connectivity index (χ4n) is 3.95. The average molecular weight is 415 g/mol. The molecule has 1 aliphatic rings. The molecule has 0 spiro atoms. The molecule has 1 amide bonds. The summed E-state index contributed by atoms with van der Waals surface area (Å²) in [6.07, 6.45) is 4.03. The van der Waals surface area contributed by atoms with Gasteiger partial charge in [-0.15, -0.1) is 0 Å². The number of nitrogens with one attached hydrogen (secondary N) is 1. The van der Waals surface area contributed by atoms with E-state index < -0.39 is 5.63 Å². The van der Waals surface area contributed by atoms with Gasteiger partial charge in [-0.05, 0) is 36.2 Å². The van der Waals surface area contributed by atoms with E-state index in [1.165, 1.54) is 6.07 Å². The van der Waals surface area contributed by atoms with E-state index in [9.17, 15) is 9.59 Å². The van der Waals surface area contributed by atoms with Gasteiger partial charge in [-0.3, -0.25) is 9.48 Å². The molecule has 2 aromatic heterocycles. The van der Waals surface area contributed by atoms with Crippen LogP contribution in [-0.4, -0.2) is 22.3 Å². The summed E-state index contributed by atoms with van der Waals surface area (Å²) in [5.41, 5.74) is 2.79. The maximum Gasteiger partial charge on any atom is 0.336 e. The lowest BCUT2D eigenvalue weighted by Gasteiger charge is -2.17. The Hall–Kier alpha value is -3.71. The van der Waals surface area contributed by atoms with Crippen LogP contribution in [0.2, 0.25) is 0 Å². The third-order valence-corrected chi connectivity index (χ3v) is 5.48. The van der Waals surface area contributed by atoms with E-state index in [1.807, 2.05) is 29.1 Å². The monoisotopic (exact) mass is 415 g/mol. The predicted molar refractivity (Wildman–Crippen MR) is 116 cm³/mol. The van der Waals surface area contributed by atoms with Crippen LogP contribution in [-0.2, 0) is 16.1 Å². The van der Waals surface area contributed by atoms with Crippen LogP contribution in [0.3, 0.4) is 0 Å². The van der Waals surface area contributed by atoms with Crippen molar-refractivity contribution in [2.75, 3.05) is 11.9 Å². The van der Waals surface area contributed by atoms with Gasteiger partial charge in [0.05, 0.1) is 24.8 Å². The van der Waals surface area contributed by atoms with E-state index in [0.717, 1.165) is 16.5 Å². The van der Waals surface area contributed by atoms with Crippen LogP contribution in [0.4, 0.5) is 5.69 Å². The Labute approximate surface area is 178 Å². The molecule has 156 valence electrons. The molecule has 31 heavy (non-hydrogen) atoms. The summed E-state index contributed by atoms with van der Waals surface area (Å²) in [6.45, 7) is 1.19. The number of carbonyl (C=O) groups is 1. The van der Waals surface area contributed by atoms with Gasteiger partial charge in [-0.25, -0.2) is 4.79 Å². The fourth-order valence-corrected chi connectivity index (χ4v) is 3.95. The van der Waals surface area contributed by atoms with Crippen molar-refractivity contribution in [1.82, 2.24) is 9.78 Å². The second kappa shape index (κ2) is 8.20. The van der Waals surface area contributed by atoms with Gasteiger partial charge >= 0.3 is 5.63 Å². The summed E-state index contributed by atoms with van der Waals surface area (Å²) >= 11 is 0. The van der Waals surface area contributed by atoms with Gasteiger partial charge in [0.25, 0.3) is 0 Å². The summed E-state index contributed by atoms with van der Waals surface area (Å²) in [6, 6.07) is 18.3. The number of hydrogen-bond acceptors (Lipinski definition) is 5. The molecule has 2 aromatic carbocycles. The minimum atomic E-state index is -0.400. The predicted octanol–water partition coefficient (Wildman–Crippen LogP) is 3.75. The van der Waals surface area contributed by atoms with Crippen LogP contribution >= 0.6 is 0 Å². The van der Waals surface area contributed by atoms with E-state index in [0.29, 0.717) is 30.8 Å². The minimum absolute atomic E-state index is 0.102. The number of fused-ring (bicyclic) bond motifs is 1. The molecule has 4 aromatic rings. The SMILES string of the molecule is O=C(Nc1ccc2oc(=O)ccc2c1)[C@H]1CCO[C@@H]1c1cnn(Cc2ccccc2)c1. The standard InChI is InChI=1S/C24H21N3O4/c28-22-9-6-17-12-19(7-8-21(17)31-22)26-24(29)20-10-11-30-23(20)18-13-25-27(15-18)14-16-4-2-1-3-5-16/h1-9,12-13,15,20,23H,10-11,14H2,(H,26,29)/t20-,23+/m0/s1. The Kier molecular flexibility index (Phi) is 5.09. The van der Waals surface area contributed by atoms with Gasteiger partial charge in [-0.2, -0.15) is 5.10 Å². The zero-order valence-corrected chi connectivity index (χ0v) is 16.7. The smallest absolute Gasteiger partial charge is 0.336 e. The van der Waals surface area contributed by atoms with E-state index >= 15 is 0 Å². The lowest BCUT2D eigenvalue weighted by molar-refractivity contribution is -0.121. The molecular formula is C24H21N3O4. The highest BCUT2D eigenvalue weighted by atomic mass is 16.5. The van der Waals surface area contributed by atoms with Crippen molar-refractivity contribution in [2.45, 2.75) is 19.1 Å². The molecule has 1 N–H and O–H groups in total. The number of carbonyl (C=O) groups excluding carboxylic acids is 1. The Morgan fingerprint density at radius 1 is 1.13 bits per heavy atom. The van der Waals surface area contributed by atoms with Crippen molar-refractivity contribution >= 4 is 22.6 Å². The number of benzene rings is 2. The summed E-state index contributed by atoms with van der Waals surface area (Å²) in [7, 11) is 0. The molecule has 7 heteroatoms. The molecule has 1 fully saturated rings. The molecule has 7 nitrogen and oxygen atoms in total. The number of rotatable bonds is 5. The molecule has 0 unspecified atom stereocenters. The first-order valence-corrected chi connectivity index (χ1v) is 10.2. The van der Waals surface area contributed by atoms with Crippen LogP contribution in [0.1, 0.15) is 23.7 Å². The number of hydrogen-bond donors (Lipinski definition) is 1. The highest BCUT2D eigenvalue weighted by Gasteiger charge is 2.36. The number of nitrogens with zero attached hydrogens (tertiary/aromatic N) is 2. The Morgan fingerprint density at radius 2 is 2.00 bits per heavy atom. The van der Waals surface area contributed by atoms with Crippen LogP contribution in [0, 0.1) is 5.92 Å². The molecule has 1 aliphatic heterocycles. The molecule has 0 aliphatic carbocycles. The topological polar surface area (TPSA) is 86.4 Å². The third-order valence-electron chi connectivity index (χ3n) is 5.48. The zero-order valence-electron chi connectivity index (χ0n) is 16.7. The highest BCUT2D eigenvalue weighted by molar-refractivity contribution is 5.95. The quantitative estimate of drug-likeness (QED) is 0.502. The van der Waals surface area contributed by atoms with Crippen molar-refractivity contribution in [3.8, 4) is 0 Å². The van der Waals surface area contributed by atoms with Crippen molar-refractivity contribution in [3.05, 3.63) is 94.6 Å². The first kappa shape index (κ1) is 19.3. The third kappa shape index (κ3) is 4.13. The van der Waals surface area contributed by atoms with Crippen LogP contribution in [0.15, 0.2) is 82.3 Å². The largest absolute Gasteiger partial charge is 0.423 e. The molecule has 0 saturated carbocycles. The van der Waals surface area contributed by atoms with Gasteiger partial charge < -0.3 is 14.5 Å². The molecule has 0 bridgehead atoms. The van der Waals surface area contributed by atoms with Crippen LogP contribution < -0.4 is 10.9 Å². The summed E-state index contributed by atoms with van der Waals surface area (Å²) < 4.78 is 12.9. The van der Waals surface area contributed by atoms with Crippen molar-refractivity contribution in [1.29, 1.82) is 0 Å². The maximum absolute atomic E-state index is 13.0. The average Bonchev–Trinajstić information content (AvgIpc) is 3.44. The molecule has 2 atom stereocenters. The first-order valence-electron chi connectivity index (χ1n) is 10.2. The number of anilines is 1. The number of amides is 1. The lowest BCUT2D eigenvalue weighted by atomic mass is 9.96. The summed E-state index contributed by atoms with van der Waals surface area (Å²) in [4.78, 5) is 24.3. The normalized spacial score (nSPS) is 18.3. The van der Waals surface area contributed by atoms with E-state index in [4.69, 9.17) is 9.15 Å². The Bertz CT molecular complexity index is 1280. The summed E-state index contributed by atoms with van der Waals surface area (Å²) in [5, 5.41) is 8.16. The van der Waals surface area contributed by atoms with Gasteiger partial charge in [0.15, 0.2) is 0 Å². The van der Waals surface area contributed by atoms with Gasteiger partial charge in [0.2, 0.25) is 5.91 Å². The van der Waals surface area contributed by atoms with Gasteiger partial charge in [-0.1, -0.05) is 30.3 Å². The van der Waals surface area contributed by atoms with E-state index in [1.54, 1.807) is 30.5 Å².